The van der Waals surface area contributed by atoms with E-state index >= 15 is 0 Å². The Labute approximate surface area is 130 Å². The maximum absolute atomic E-state index is 12.5. The summed E-state index contributed by atoms with van der Waals surface area (Å²) < 4.78 is 9.83. The van der Waals surface area contributed by atoms with Gasteiger partial charge < -0.3 is 4.74 Å². The standard InChI is InChI=1S/C16H24N2O2S/c1-9(2)12-13(21-18-17-12)14(19)20-11-8-10-6-7-16(11,5)15(10,3)4/h9-11H,6-8H2,1-5H3. The van der Waals surface area contributed by atoms with Crippen molar-refractivity contribution in [3.05, 3.63) is 10.6 Å². The number of carbonyl (C=O) groups is 1. The SMILES string of the molecule is CC(C)c1nnsc1C(=O)OC1CC2CCC1(C)C2(C)C. The zero-order valence-electron chi connectivity index (χ0n) is 13.5. The number of carbonyl (C=O) groups excluding carboxylic acids is 1. The molecule has 2 saturated carbocycles. The molecule has 1 aromatic rings. The van der Waals surface area contributed by atoms with Crippen LogP contribution in [0.15, 0.2) is 0 Å². The van der Waals surface area contributed by atoms with Crippen LogP contribution >= 0.6 is 11.5 Å². The molecular weight excluding hydrogens is 284 g/mol. The topological polar surface area (TPSA) is 52.1 Å². The Kier molecular flexibility index (Phi) is 3.39. The predicted octanol–water partition coefficient (Wildman–Crippen LogP) is 4.03. The van der Waals surface area contributed by atoms with Crippen LogP contribution in [0.4, 0.5) is 0 Å². The van der Waals surface area contributed by atoms with Crippen LogP contribution in [0.5, 0.6) is 0 Å². The number of rotatable bonds is 3. The molecule has 2 aliphatic carbocycles. The van der Waals surface area contributed by atoms with E-state index in [-0.39, 0.29) is 28.8 Å². The van der Waals surface area contributed by atoms with Gasteiger partial charge in [0.1, 0.15) is 6.10 Å². The molecule has 0 saturated heterocycles. The molecule has 0 amide bonds. The fourth-order valence-corrected chi connectivity index (χ4v) is 4.91. The van der Waals surface area contributed by atoms with E-state index in [1.54, 1.807) is 0 Å². The van der Waals surface area contributed by atoms with E-state index < -0.39 is 0 Å². The first-order valence-corrected chi connectivity index (χ1v) is 8.58. The number of nitrogens with zero attached hydrogens (tertiary/aromatic N) is 2. The molecule has 3 rings (SSSR count). The Morgan fingerprint density at radius 1 is 1.38 bits per heavy atom. The van der Waals surface area contributed by atoms with Gasteiger partial charge in [-0.25, -0.2) is 4.79 Å². The van der Waals surface area contributed by atoms with Crippen molar-refractivity contribution in [3.8, 4) is 0 Å². The van der Waals surface area contributed by atoms with E-state index in [2.05, 4.69) is 30.4 Å². The number of aromatic nitrogens is 2. The van der Waals surface area contributed by atoms with Crippen LogP contribution in [-0.4, -0.2) is 21.7 Å². The highest BCUT2D eigenvalue weighted by Crippen LogP contribution is 2.66. The normalized spacial score (nSPS) is 33.6. The minimum atomic E-state index is -0.233. The van der Waals surface area contributed by atoms with Gasteiger partial charge in [0, 0.05) is 5.41 Å². The zero-order chi connectivity index (χ0) is 15.4. The first-order chi connectivity index (χ1) is 9.77. The molecule has 0 aromatic carbocycles. The maximum Gasteiger partial charge on any atom is 0.352 e. The summed E-state index contributed by atoms with van der Waals surface area (Å²) >= 11 is 1.15. The van der Waals surface area contributed by atoms with E-state index in [1.807, 2.05) is 13.8 Å². The molecule has 3 unspecified atom stereocenters. The Bertz CT molecular complexity index is 566. The third-order valence-electron chi connectivity index (χ3n) is 6.21. The fraction of sp³-hybridized carbons (Fsp3) is 0.812. The Morgan fingerprint density at radius 3 is 2.62 bits per heavy atom. The van der Waals surface area contributed by atoms with Gasteiger partial charge in [0.2, 0.25) is 0 Å². The molecule has 2 fully saturated rings. The predicted molar refractivity (Wildman–Crippen MR) is 82.4 cm³/mol. The maximum atomic E-state index is 12.5. The quantitative estimate of drug-likeness (QED) is 0.791. The van der Waals surface area contributed by atoms with Gasteiger partial charge in [-0.15, -0.1) is 5.10 Å². The second kappa shape index (κ2) is 4.77. The van der Waals surface area contributed by atoms with Crippen molar-refractivity contribution in [3.63, 3.8) is 0 Å². The van der Waals surface area contributed by atoms with Crippen LogP contribution in [0.1, 0.15) is 75.2 Å². The third-order valence-corrected chi connectivity index (χ3v) is 6.93. The molecule has 1 aromatic heterocycles. The molecule has 0 N–H and O–H groups in total. The summed E-state index contributed by atoms with van der Waals surface area (Å²) in [5.41, 5.74) is 1.12. The van der Waals surface area contributed by atoms with E-state index in [9.17, 15) is 4.79 Å². The molecule has 2 aliphatic rings. The molecule has 2 bridgehead atoms. The van der Waals surface area contributed by atoms with E-state index in [1.165, 1.54) is 6.42 Å². The van der Waals surface area contributed by atoms with Crippen LogP contribution in [0.25, 0.3) is 0 Å². The van der Waals surface area contributed by atoms with Gasteiger partial charge in [0.25, 0.3) is 0 Å². The van der Waals surface area contributed by atoms with Crippen molar-refractivity contribution in [1.82, 2.24) is 9.59 Å². The first kappa shape index (κ1) is 14.9. The van der Waals surface area contributed by atoms with Crippen LogP contribution in [0.2, 0.25) is 0 Å². The monoisotopic (exact) mass is 308 g/mol. The molecule has 0 spiro atoms. The van der Waals surface area contributed by atoms with Gasteiger partial charge in [-0.1, -0.05) is 39.1 Å². The Hall–Kier alpha value is -0.970. The lowest BCUT2D eigenvalue weighted by Crippen LogP contribution is -2.38. The van der Waals surface area contributed by atoms with Crippen LogP contribution in [-0.2, 0) is 4.74 Å². The van der Waals surface area contributed by atoms with E-state index in [4.69, 9.17) is 4.74 Å². The smallest absolute Gasteiger partial charge is 0.352 e. The Balaban J connectivity index is 1.79. The van der Waals surface area contributed by atoms with Crippen molar-refractivity contribution < 1.29 is 9.53 Å². The number of fused-ring (bicyclic) bond motifs is 2. The van der Waals surface area contributed by atoms with Gasteiger partial charge in [-0.2, -0.15) is 0 Å². The van der Waals surface area contributed by atoms with E-state index in [0.717, 1.165) is 30.1 Å². The van der Waals surface area contributed by atoms with E-state index in [0.29, 0.717) is 10.8 Å². The highest BCUT2D eigenvalue weighted by Gasteiger charge is 2.62. The second-order valence-corrected chi connectivity index (χ2v) is 8.40. The number of hydrogen-bond donors (Lipinski definition) is 0. The second-order valence-electron chi connectivity index (χ2n) is 7.65. The van der Waals surface area contributed by atoms with Crippen molar-refractivity contribution >= 4 is 17.5 Å². The third kappa shape index (κ3) is 2.04. The molecule has 0 radical (unpaired) electrons. The highest BCUT2D eigenvalue weighted by molar-refractivity contribution is 7.07. The summed E-state index contributed by atoms with van der Waals surface area (Å²) in [6.07, 6.45) is 3.44. The average molecular weight is 308 g/mol. The minimum Gasteiger partial charge on any atom is -0.457 e. The number of ether oxygens (including phenoxy) is 1. The van der Waals surface area contributed by atoms with Gasteiger partial charge in [-0.3, -0.25) is 0 Å². The Morgan fingerprint density at radius 2 is 2.10 bits per heavy atom. The van der Waals surface area contributed by atoms with Crippen molar-refractivity contribution in [1.29, 1.82) is 0 Å². The summed E-state index contributed by atoms with van der Waals surface area (Å²) in [4.78, 5) is 13.1. The first-order valence-electron chi connectivity index (χ1n) is 7.80. The fourth-order valence-electron chi connectivity index (χ4n) is 4.21. The van der Waals surface area contributed by atoms with Crippen LogP contribution < -0.4 is 0 Å². The van der Waals surface area contributed by atoms with Gasteiger partial charge in [0.05, 0.1) is 5.69 Å². The minimum absolute atomic E-state index is 0.0286. The molecule has 5 heteroatoms. The molecular formula is C16H24N2O2S. The molecule has 4 nitrogen and oxygen atoms in total. The molecule has 0 aliphatic heterocycles. The lowest BCUT2D eigenvalue weighted by Gasteiger charge is -2.38. The molecule has 3 atom stereocenters. The lowest BCUT2D eigenvalue weighted by atomic mass is 9.70. The zero-order valence-corrected chi connectivity index (χ0v) is 14.3. The highest BCUT2D eigenvalue weighted by atomic mass is 32.1. The average Bonchev–Trinajstić information content (AvgIpc) is 3.01. The summed E-state index contributed by atoms with van der Waals surface area (Å²) in [6.45, 7) is 11.0. The lowest BCUT2D eigenvalue weighted by molar-refractivity contribution is -0.0239. The van der Waals surface area contributed by atoms with Crippen LogP contribution in [0, 0.1) is 16.7 Å². The van der Waals surface area contributed by atoms with Gasteiger partial charge in [0.15, 0.2) is 4.88 Å². The van der Waals surface area contributed by atoms with Crippen molar-refractivity contribution in [2.75, 3.05) is 0 Å². The largest absolute Gasteiger partial charge is 0.457 e. The number of esters is 1. The summed E-state index contributed by atoms with van der Waals surface area (Å²) in [7, 11) is 0. The molecule has 1 heterocycles. The van der Waals surface area contributed by atoms with Gasteiger partial charge in [-0.05, 0) is 48.0 Å². The van der Waals surface area contributed by atoms with Crippen LogP contribution in [0.3, 0.4) is 0 Å². The summed E-state index contributed by atoms with van der Waals surface area (Å²) in [6, 6.07) is 0. The molecule has 21 heavy (non-hydrogen) atoms. The summed E-state index contributed by atoms with van der Waals surface area (Å²) in [5, 5.41) is 4.07. The van der Waals surface area contributed by atoms with Crippen molar-refractivity contribution in [2.45, 2.75) is 65.9 Å². The molecule has 116 valence electrons. The summed E-state index contributed by atoms with van der Waals surface area (Å²) in [5.74, 6) is 0.631. The number of hydrogen-bond acceptors (Lipinski definition) is 5. The van der Waals surface area contributed by atoms with Crippen molar-refractivity contribution in [2.24, 2.45) is 16.7 Å². The van der Waals surface area contributed by atoms with Gasteiger partial charge >= 0.3 is 5.97 Å².